The number of carbonyl (C=O) groups excluding carboxylic acids is 1. The van der Waals surface area contributed by atoms with Crippen molar-refractivity contribution < 1.29 is 14.6 Å². The first kappa shape index (κ1) is 18.7. The summed E-state index contributed by atoms with van der Waals surface area (Å²) in [5.41, 5.74) is 4.40. The van der Waals surface area contributed by atoms with Crippen LogP contribution in [0.1, 0.15) is 19.4 Å². The minimum Gasteiger partial charge on any atom is -0.507 e. The summed E-state index contributed by atoms with van der Waals surface area (Å²) in [5, 5.41) is 17.9. The molecule has 8 heteroatoms. The van der Waals surface area contributed by atoms with Crippen molar-refractivity contribution in [3.63, 3.8) is 0 Å². The minimum atomic E-state index is -0.522. The van der Waals surface area contributed by atoms with Gasteiger partial charge in [-0.15, -0.1) is 0 Å². The quantitative estimate of drug-likeness (QED) is 0.447. The van der Waals surface area contributed by atoms with Crippen LogP contribution in [0.2, 0.25) is 0 Å². The molecular formula is C19H20N4O3S. The molecule has 0 fully saturated rings. The molecule has 3 N–H and O–H groups in total. The molecule has 27 heavy (non-hydrogen) atoms. The summed E-state index contributed by atoms with van der Waals surface area (Å²) in [7, 11) is 1.52. The number of fused-ring (bicyclic) bond motifs is 1. The van der Waals surface area contributed by atoms with Crippen molar-refractivity contribution >= 4 is 38.3 Å². The van der Waals surface area contributed by atoms with E-state index in [9.17, 15) is 9.90 Å². The van der Waals surface area contributed by atoms with E-state index in [0.717, 1.165) is 10.2 Å². The standard InChI is InChI=1S/C19H20N4O3S/c1-11(14-9-8-13(26-3)10-16(14)24)22-23-18(25)12(2)20-19-21-15-6-4-5-7-17(15)27-19/h4-10,12,24H,1-3H3,(H,20,21)(H,23,25)/b22-11+/t12-/m0/s1. The van der Waals surface area contributed by atoms with E-state index in [0.29, 0.717) is 22.2 Å². The summed E-state index contributed by atoms with van der Waals surface area (Å²) < 4.78 is 6.11. The molecule has 1 aromatic heterocycles. The number of amides is 1. The van der Waals surface area contributed by atoms with Gasteiger partial charge in [-0.3, -0.25) is 4.79 Å². The molecule has 3 rings (SSSR count). The second-order valence-corrected chi connectivity index (χ2v) is 6.94. The third-order valence-electron chi connectivity index (χ3n) is 3.96. The van der Waals surface area contributed by atoms with Gasteiger partial charge in [0.25, 0.3) is 5.91 Å². The van der Waals surface area contributed by atoms with E-state index < -0.39 is 6.04 Å². The van der Waals surface area contributed by atoms with Crippen LogP contribution in [0.5, 0.6) is 11.5 Å². The van der Waals surface area contributed by atoms with Gasteiger partial charge in [0.2, 0.25) is 0 Å². The SMILES string of the molecule is COc1ccc(/C(C)=N/NC(=O)[C@H](C)Nc2nc3ccccc3s2)c(O)c1. The molecule has 2 aromatic carbocycles. The molecule has 1 heterocycles. The predicted octanol–water partition coefficient (Wildman–Crippen LogP) is 3.35. The maximum Gasteiger partial charge on any atom is 0.262 e. The first-order valence-corrected chi connectivity index (χ1v) is 9.13. The lowest BCUT2D eigenvalue weighted by Crippen LogP contribution is -2.35. The van der Waals surface area contributed by atoms with Crippen LogP contribution in [0.25, 0.3) is 10.2 Å². The molecule has 0 aliphatic rings. The number of rotatable bonds is 6. The van der Waals surface area contributed by atoms with Crippen LogP contribution in [0, 0.1) is 0 Å². The zero-order valence-corrected chi connectivity index (χ0v) is 16.0. The van der Waals surface area contributed by atoms with E-state index in [1.54, 1.807) is 26.0 Å². The molecule has 1 atom stereocenters. The molecule has 0 aliphatic carbocycles. The average Bonchev–Trinajstić information content (AvgIpc) is 3.07. The zero-order chi connectivity index (χ0) is 19.4. The predicted molar refractivity (Wildman–Crippen MR) is 108 cm³/mol. The number of carbonyl (C=O) groups is 1. The number of aromatic hydroxyl groups is 1. The van der Waals surface area contributed by atoms with Crippen molar-refractivity contribution in [2.24, 2.45) is 5.10 Å². The number of nitrogens with one attached hydrogen (secondary N) is 2. The maximum atomic E-state index is 12.3. The normalized spacial score (nSPS) is 12.6. The number of ether oxygens (including phenoxy) is 1. The summed E-state index contributed by atoms with van der Waals surface area (Å²) >= 11 is 1.49. The van der Waals surface area contributed by atoms with Gasteiger partial charge >= 0.3 is 0 Å². The molecule has 3 aromatic rings. The second kappa shape index (κ2) is 8.05. The Hall–Kier alpha value is -3.13. The lowest BCUT2D eigenvalue weighted by Gasteiger charge is -2.11. The van der Waals surface area contributed by atoms with Crippen LogP contribution in [0.3, 0.4) is 0 Å². The van der Waals surface area contributed by atoms with Gasteiger partial charge in [0.05, 0.1) is 23.0 Å². The first-order valence-electron chi connectivity index (χ1n) is 8.31. The molecular weight excluding hydrogens is 364 g/mol. The average molecular weight is 384 g/mol. The van der Waals surface area contributed by atoms with E-state index in [-0.39, 0.29) is 11.7 Å². The van der Waals surface area contributed by atoms with Gasteiger partial charge in [0, 0.05) is 11.6 Å². The lowest BCUT2D eigenvalue weighted by molar-refractivity contribution is -0.121. The van der Waals surface area contributed by atoms with Crippen LogP contribution < -0.4 is 15.5 Å². The molecule has 1 amide bonds. The van der Waals surface area contributed by atoms with Gasteiger partial charge in [0.15, 0.2) is 5.13 Å². The summed E-state index contributed by atoms with van der Waals surface area (Å²) in [6.45, 7) is 3.44. The molecule has 0 saturated carbocycles. The highest BCUT2D eigenvalue weighted by Crippen LogP contribution is 2.26. The fourth-order valence-corrected chi connectivity index (χ4v) is 3.38. The molecule has 0 unspecified atom stereocenters. The van der Waals surface area contributed by atoms with Gasteiger partial charge in [0.1, 0.15) is 17.5 Å². The molecule has 0 aliphatic heterocycles. The van der Waals surface area contributed by atoms with Crippen molar-refractivity contribution in [3.8, 4) is 11.5 Å². The van der Waals surface area contributed by atoms with Gasteiger partial charge in [-0.2, -0.15) is 5.10 Å². The topological polar surface area (TPSA) is 95.8 Å². The highest BCUT2D eigenvalue weighted by molar-refractivity contribution is 7.22. The smallest absolute Gasteiger partial charge is 0.262 e. The van der Waals surface area contributed by atoms with Crippen LogP contribution >= 0.6 is 11.3 Å². The number of para-hydroxylation sites is 1. The summed E-state index contributed by atoms with van der Waals surface area (Å²) in [6, 6.07) is 12.2. The van der Waals surface area contributed by atoms with E-state index in [1.165, 1.54) is 24.5 Å². The number of hydrogen-bond acceptors (Lipinski definition) is 7. The van der Waals surface area contributed by atoms with E-state index in [4.69, 9.17) is 4.74 Å². The number of anilines is 1. The molecule has 140 valence electrons. The fraction of sp³-hybridized carbons (Fsp3) is 0.211. The zero-order valence-electron chi connectivity index (χ0n) is 15.2. The van der Waals surface area contributed by atoms with Gasteiger partial charge in [-0.1, -0.05) is 23.5 Å². The van der Waals surface area contributed by atoms with Crippen LogP contribution in [-0.4, -0.2) is 34.9 Å². The van der Waals surface area contributed by atoms with Gasteiger partial charge < -0.3 is 15.2 Å². The van der Waals surface area contributed by atoms with Crippen molar-refractivity contribution in [1.82, 2.24) is 10.4 Å². The Bertz CT molecular complexity index is 967. The largest absolute Gasteiger partial charge is 0.507 e. The number of phenolic OH excluding ortho intramolecular Hbond substituents is 1. The Morgan fingerprint density at radius 2 is 2.07 bits per heavy atom. The number of aromatic nitrogens is 1. The lowest BCUT2D eigenvalue weighted by atomic mass is 10.1. The van der Waals surface area contributed by atoms with Crippen LogP contribution in [-0.2, 0) is 4.79 Å². The van der Waals surface area contributed by atoms with Crippen molar-refractivity contribution in [2.45, 2.75) is 19.9 Å². The highest BCUT2D eigenvalue weighted by Gasteiger charge is 2.15. The fourth-order valence-electron chi connectivity index (χ4n) is 2.43. The van der Waals surface area contributed by atoms with Crippen molar-refractivity contribution in [3.05, 3.63) is 48.0 Å². The third-order valence-corrected chi connectivity index (χ3v) is 4.92. The Labute approximate surface area is 160 Å². The van der Waals surface area contributed by atoms with Crippen molar-refractivity contribution in [2.75, 3.05) is 12.4 Å². The molecule has 0 bridgehead atoms. The van der Waals surface area contributed by atoms with Crippen LogP contribution in [0.15, 0.2) is 47.6 Å². The minimum absolute atomic E-state index is 0.0329. The molecule has 0 radical (unpaired) electrons. The number of thiazole rings is 1. The highest BCUT2D eigenvalue weighted by atomic mass is 32.1. The summed E-state index contributed by atoms with van der Waals surface area (Å²) in [4.78, 5) is 16.7. The molecule has 0 spiro atoms. The van der Waals surface area contributed by atoms with Crippen molar-refractivity contribution in [1.29, 1.82) is 0 Å². The molecule has 7 nitrogen and oxygen atoms in total. The Kier molecular flexibility index (Phi) is 5.56. The number of hydrazone groups is 1. The number of benzene rings is 2. The third kappa shape index (κ3) is 4.35. The second-order valence-electron chi connectivity index (χ2n) is 5.91. The molecule has 0 saturated heterocycles. The van der Waals surface area contributed by atoms with E-state index in [2.05, 4.69) is 20.8 Å². The maximum absolute atomic E-state index is 12.3. The number of hydrogen-bond donors (Lipinski definition) is 3. The Morgan fingerprint density at radius 1 is 1.30 bits per heavy atom. The summed E-state index contributed by atoms with van der Waals surface area (Å²) in [5.74, 6) is 0.272. The van der Waals surface area contributed by atoms with E-state index >= 15 is 0 Å². The van der Waals surface area contributed by atoms with E-state index in [1.807, 2.05) is 24.3 Å². The Morgan fingerprint density at radius 3 is 2.78 bits per heavy atom. The number of methoxy groups -OCH3 is 1. The number of phenols is 1. The number of nitrogens with zero attached hydrogens (tertiary/aromatic N) is 2. The van der Waals surface area contributed by atoms with Gasteiger partial charge in [-0.25, -0.2) is 10.4 Å². The first-order chi connectivity index (χ1) is 13.0. The Balaban J connectivity index is 1.64. The van der Waals surface area contributed by atoms with Gasteiger partial charge in [-0.05, 0) is 38.1 Å². The summed E-state index contributed by atoms with van der Waals surface area (Å²) in [6.07, 6.45) is 0. The monoisotopic (exact) mass is 384 g/mol. The van der Waals surface area contributed by atoms with Crippen LogP contribution in [0.4, 0.5) is 5.13 Å².